The number of aromatic nitrogens is 1. The lowest BCUT2D eigenvalue weighted by Crippen LogP contribution is -2.32. The molecule has 0 aliphatic carbocycles. The Hall–Kier alpha value is -2.29. The molecule has 0 aliphatic heterocycles. The summed E-state index contributed by atoms with van der Waals surface area (Å²) in [4.78, 5) is 35.4. The van der Waals surface area contributed by atoms with Gasteiger partial charge in [-0.2, -0.15) is 0 Å². The number of carboxylic acids is 1. The third-order valence-electron chi connectivity index (χ3n) is 1.59. The first-order valence-corrected chi connectivity index (χ1v) is 5.91. The number of aliphatic imine (C=N–C) groups is 1. The third kappa shape index (κ3) is 4.84. The summed E-state index contributed by atoms with van der Waals surface area (Å²) in [5.41, 5.74) is -0.532. The molecule has 8 nitrogen and oxygen atoms in total. The number of carbonyl (C=O) groups is 2. The molecule has 1 heterocycles. The number of rotatable bonds is 5. The molecule has 0 N–H and O–H groups in total. The van der Waals surface area contributed by atoms with E-state index in [1.165, 1.54) is 11.7 Å². The lowest BCUT2D eigenvalue weighted by atomic mass is 10.3. The standard InChI is InChI=1S/C10H12N4O4S/c1-6(15)18-13-8(9(16)17)7-4-19-10(12-7)11-5-14(2)3/h4-5H,1-3H3,(H,16,17)/p-1/b11-5+,13-8-. The molecule has 0 atom stereocenters. The molecule has 19 heavy (non-hydrogen) atoms. The zero-order valence-corrected chi connectivity index (χ0v) is 11.3. The van der Waals surface area contributed by atoms with Crippen LogP contribution in [0.25, 0.3) is 0 Å². The highest BCUT2D eigenvalue weighted by atomic mass is 32.1. The van der Waals surface area contributed by atoms with Crippen LogP contribution in [-0.4, -0.2) is 48.0 Å². The zero-order valence-electron chi connectivity index (χ0n) is 10.5. The maximum atomic E-state index is 10.9. The SMILES string of the molecule is CC(=O)O/N=C(\C(=O)[O-])c1csc(/N=C/N(C)C)n1. The van der Waals surface area contributed by atoms with Crippen molar-refractivity contribution < 1.29 is 19.5 Å². The molecule has 0 saturated heterocycles. The lowest BCUT2D eigenvalue weighted by Gasteiger charge is -2.02. The van der Waals surface area contributed by atoms with Gasteiger partial charge in [0.05, 0.1) is 12.3 Å². The van der Waals surface area contributed by atoms with E-state index >= 15 is 0 Å². The van der Waals surface area contributed by atoms with Crippen molar-refractivity contribution in [1.82, 2.24) is 9.88 Å². The van der Waals surface area contributed by atoms with E-state index in [4.69, 9.17) is 0 Å². The molecule has 0 amide bonds. The largest absolute Gasteiger partial charge is 0.543 e. The molecule has 0 aliphatic rings. The Bertz CT molecular complexity index is 535. The molecule has 102 valence electrons. The fourth-order valence-corrected chi connectivity index (χ4v) is 1.54. The van der Waals surface area contributed by atoms with Crippen molar-refractivity contribution in [2.75, 3.05) is 14.1 Å². The summed E-state index contributed by atoms with van der Waals surface area (Å²) in [6, 6.07) is 0. The third-order valence-corrected chi connectivity index (χ3v) is 2.34. The topological polar surface area (TPSA) is 107 Å². The van der Waals surface area contributed by atoms with Gasteiger partial charge in [-0.3, -0.25) is 0 Å². The molecule has 1 rings (SSSR count). The normalized spacial score (nSPS) is 11.6. The highest BCUT2D eigenvalue weighted by Crippen LogP contribution is 2.19. The average Bonchev–Trinajstić information content (AvgIpc) is 2.74. The summed E-state index contributed by atoms with van der Waals surface area (Å²) in [5, 5.41) is 15.8. The van der Waals surface area contributed by atoms with Crippen LogP contribution in [0.3, 0.4) is 0 Å². The summed E-state index contributed by atoms with van der Waals surface area (Å²) in [6.07, 6.45) is 1.52. The Balaban J connectivity index is 2.96. The molecule has 0 fully saturated rings. The number of carboxylic acid groups (broad SMARTS) is 1. The van der Waals surface area contributed by atoms with Crippen LogP contribution in [0, 0.1) is 0 Å². The minimum absolute atomic E-state index is 0.0251. The molecule has 0 spiro atoms. The molecule has 0 aromatic carbocycles. The Labute approximate surface area is 113 Å². The molecular weight excluding hydrogens is 272 g/mol. The molecule has 1 aromatic rings. The quantitative estimate of drug-likeness (QED) is 0.308. The van der Waals surface area contributed by atoms with E-state index in [1.54, 1.807) is 19.0 Å². The van der Waals surface area contributed by atoms with Gasteiger partial charge in [-0.05, 0) is 0 Å². The number of carbonyl (C=O) groups excluding carboxylic acids is 2. The number of oxime groups is 1. The highest BCUT2D eigenvalue weighted by Gasteiger charge is 2.11. The first-order chi connectivity index (χ1) is 8.90. The van der Waals surface area contributed by atoms with Gasteiger partial charge in [0.15, 0.2) is 5.71 Å². The van der Waals surface area contributed by atoms with Gasteiger partial charge in [0.2, 0.25) is 5.13 Å². The lowest BCUT2D eigenvalue weighted by molar-refractivity contribution is -0.294. The summed E-state index contributed by atoms with van der Waals surface area (Å²) in [7, 11) is 3.57. The van der Waals surface area contributed by atoms with Crippen molar-refractivity contribution in [2.45, 2.75) is 6.92 Å². The van der Waals surface area contributed by atoms with Crippen LogP contribution >= 0.6 is 11.3 Å². The highest BCUT2D eigenvalue weighted by molar-refractivity contribution is 7.13. The summed E-state index contributed by atoms with van der Waals surface area (Å²) in [6.45, 7) is 1.10. The predicted octanol–water partition coefficient (Wildman–Crippen LogP) is -0.618. The first-order valence-electron chi connectivity index (χ1n) is 5.03. The second kappa shape index (κ2) is 6.59. The van der Waals surface area contributed by atoms with Crippen LogP contribution in [0.5, 0.6) is 0 Å². The number of hydrogen-bond acceptors (Lipinski definition) is 8. The van der Waals surface area contributed by atoms with Crippen LogP contribution in [0.4, 0.5) is 5.13 Å². The van der Waals surface area contributed by atoms with Crippen molar-refractivity contribution in [3.05, 3.63) is 11.1 Å². The van der Waals surface area contributed by atoms with Crippen LogP contribution in [-0.2, 0) is 14.4 Å². The minimum atomic E-state index is -1.59. The van der Waals surface area contributed by atoms with Crippen molar-refractivity contribution in [1.29, 1.82) is 0 Å². The fraction of sp³-hybridized carbons (Fsp3) is 0.300. The summed E-state index contributed by atoms with van der Waals surface area (Å²) in [5.74, 6) is -2.32. The van der Waals surface area contributed by atoms with Crippen molar-refractivity contribution in [3.8, 4) is 0 Å². The average molecular weight is 283 g/mol. The Morgan fingerprint density at radius 2 is 2.21 bits per heavy atom. The second-order valence-electron chi connectivity index (χ2n) is 3.53. The fourth-order valence-electron chi connectivity index (χ4n) is 0.896. The van der Waals surface area contributed by atoms with Crippen LogP contribution in [0.2, 0.25) is 0 Å². The Morgan fingerprint density at radius 3 is 2.74 bits per heavy atom. The van der Waals surface area contributed by atoms with E-state index in [0.29, 0.717) is 5.13 Å². The van der Waals surface area contributed by atoms with Gasteiger partial charge in [0.25, 0.3) is 0 Å². The van der Waals surface area contributed by atoms with Crippen LogP contribution in [0.15, 0.2) is 15.5 Å². The van der Waals surface area contributed by atoms with Gasteiger partial charge in [-0.15, -0.1) is 11.3 Å². The number of nitrogens with zero attached hydrogens (tertiary/aromatic N) is 4. The molecular formula is C10H11N4O4S-. The maximum absolute atomic E-state index is 10.9. The number of aliphatic carboxylic acids is 1. The predicted molar refractivity (Wildman–Crippen MR) is 67.3 cm³/mol. The molecule has 1 aromatic heterocycles. The molecule has 0 unspecified atom stereocenters. The minimum Gasteiger partial charge on any atom is -0.543 e. The van der Waals surface area contributed by atoms with E-state index in [1.807, 2.05) is 0 Å². The smallest absolute Gasteiger partial charge is 0.332 e. The van der Waals surface area contributed by atoms with E-state index in [2.05, 4.69) is 20.0 Å². The monoisotopic (exact) mass is 283 g/mol. The molecule has 0 bridgehead atoms. The van der Waals surface area contributed by atoms with E-state index in [9.17, 15) is 14.7 Å². The second-order valence-corrected chi connectivity index (χ2v) is 4.37. The number of thiazole rings is 1. The first kappa shape index (κ1) is 14.8. The van der Waals surface area contributed by atoms with Gasteiger partial charge in [0.1, 0.15) is 5.69 Å². The molecule has 0 radical (unpaired) electrons. The summed E-state index contributed by atoms with van der Waals surface area (Å²) >= 11 is 1.12. The molecule has 9 heteroatoms. The van der Waals surface area contributed by atoms with E-state index in [-0.39, 0.29) is 5.69 Å². The zero-order chi connectivity index (χ0) is 14.4. The van der Waals surface area contributed by atoms with Gasteiger partial charge in [0, 0.05) is 26.4 Å². The van der Waals surface area contributed by atoms with Gasteiger partial charge < -0.3 is 19.6 Å². The van der Waals surface area contributed by atoms with Gasteiger partial charge in [-0.1, -0.05) is 5.16 Å². The Morgan fingerprint density at radius 1 is 1.53 bits per heavy atom. The van der Waals surface area contributed by atoms with Crippen LogP contribution < -0.4 is 5.11 Å². The number of hydrogen-bond donors (Lipinski definition) is 0. The maximum Gasteiger partial charge on any atom is 0.332 e. The Kier molecular flexibility index (Phi) is 5.12. The van der Waals surface area contributed by atoms with Crippen molar-refractivity contribution in [2.24, 2.45) is 10.1 Å². The van der Waals surface area contributed by atoms with Crippen LogP contribution in [0.1, 0.15) is 12.6 Å². The van der Waals surface area contributed by atoms with E-state index in [0.717, 1.165) is 18.3 Å². The summed E-state index contributed by atoms with van der Waals surface area (Å²) < 4.78 is 0. The van der Waals surface area contributed by atoms with Crippen molar-refractivity contribution in [3.63, 3.8) is 0 Å². The van der Waals surface area contributed by atoms with Gasteiger partial charge >= 0.3 is 5.97 Å². The van der Waals surface area contributed by atoms with Crippen molar-refractivity contribution >= 4 is 40.5 Å². The van der Waals surface area contributed by atoms with Gasteiger partial charge in [-0.25, -0.2) is 14.8 Å². The molecule has 0 saturated carbocycles. The van der Waals surface area contributed by atoms with E-state index < -0.39 is 17.7 Å².